The van der Waals surface area contributed by atoms with Gasteiger partial charge in [0, 0.05) is 12.6 Å². The van der Waals surface area contributed by atoms with Crippen LogP contribution < -0.4 is 5.32 Å². The van der Waals surface area contributed by atoms with Gasteiger partial charge in [0.15, 0.2) is 0 Å². The predicted molar refractivity (Wildman–Crippen MR) is 60.7 cm³/mol. The number of nitrogens with one attached hydrogen (secondary N) is 1. The van der Waals surface area contributed by atoms with Crippen molar-refractivity contribution in [2.24, 2.45) is 0 Å². The Hall–Kier alpha value is -0.470. The molecule has 6 nitrogen and oxygen atoms in total. The van der Waals surface area contributed by atoms with Gasteiger partial charge in [0.1, 0.15) is 5.75 Å². The number of aliphatic hydroxyl groups is 2. The van der Waals surface area contributed by atoms with E-state index in [1.807, 2.05) is 0 Å². The predicted octanol–water partition coefficient (Wildman–Crippen LogP) is -0.848. The zero-order valence-corrected chi connectivity index (χ0v) is 10.1. The molecular weight excluding hydrogens is 234 g/mol. The first-order valence-corrected chi connectivity index (χ1v) is 6.47. The van der Waals surface area contributed by atoms with E-state index in [4.69, 9.17) is 9.66 Å². The maximum atomic E-state index is 10.4. The third kappa shape index (κ3) is 8.81. The first-order valence-electron chi connectivity index (χ1n) is 4.86. The Kier molecular flexibility index (Phi) is 6.77. The van der Waals surface area contributed by atoms with Crippen LogP contribution in [0.5, 0.6) is 0 Å². The summed E-state index contributed by atoms with van der Waals surface area (Å²) in [6.07, 6.45) is -0.663. The van der Waals surface area contributed by atoms with Crippen LogP contribution in [-0.4, -0.2) is 54.2 Å². The van der Waals surface area contributed by atoms with Gasteiger partial charge in [-0.25, -0.2) is 0 Å². The fraction of sp³-hybridized carbons (Fsp3) is 0.778. The lowest BCUT2D eigenvalue weighted by atomic mass is 10.1. The van der Waals surface area contributed by atoms with Crippen LogP contribution in [0.2, 0.25) is 0 Å². The summed E-state index contributed by atoms with van der Waals surface area (Å²) in [5, 5.41) is 21.0. The van der Waals surface area contributed by atoms with Gasteiger partial charge >= 0.3 is 0 Å². The minimum absolute atomic E-state index is 0.0156. The molecule has 0 aliphatic rings. The third-order valence-electron chi connectivity index (χ3n) is 1.86. The molecule has 0 saturated carbocycles. The summed E-state index contributed by atoms with van der Waals surface area (Å²) in [6, 6.07) is -0.270. The molecule has 0 aromatic heterocycles. The van der Waals surface area contributed by atoms with Crippen LogP contribution in [0.4, 0.5) is 0 Å². The van der Waals surface area contributed by atoms with E-state index in [2.05, 4.69) is 11.9 Å². The van der Waals surface area contributed by atoms with Crippen molar-refractivity contribution in [2.45, 2.75) is 25.5 Å². The molecule has 0 amide bonds. The van der Waals surface area contributed by atoms with E-state index in [0.29, 0.717) is 6.42 Å². The number of aliphatic hydroxyl groups excluding tert-OH is 2. The molecule has 0 radical (unpaired) electrons. The Morgan fingerprint density at radius 1 is 1.50 bits per heavy atom. The van der Waals surface area contributed by atoms with Crippen LogP contribution in [0.25, 0.3) is 0 Å². The molecule has 0 aliphatic carbocycles. The molecule has 2 atom stereocenters. The SMILES string of the molecule is C=C(C)CC(CO)NCC(O)CS(=O)(=O)O. The largest absolute Gasteiger partial charge is 0.395 e. The molecule has 0 aliphatic heterocycles. The quantitative estimate of drug-likeness (QED) is 0.332. The summed E-state index contributed by atoms with van der Waals surface area (Å²) in [6.45, 7) is 5.34. The van der Waals surface area contributed by atoms with Crippen LogP contribution in [0.3, 0.4) is 0 Å². The third-order valence-corrected chi connectivity index (χ3v) is 2.67. The average molecular weight is 253 g/mol. The standard InChI is InChI=1S/C9H19NO5S/c1-7(2)3-8(5-11)10-4-9(12)6-16(13,14)15/h8-12H,1,3-6H2,2H3,(H,13,14,15). The van der Waals surface area contributed by atoms with E-state index in [0.717, 1.165) is 5.57 Å². The number of hydrogen-bond donors (Lipinski definition) is 4. The van der Waals surface area contributed by atoms with Crippen molar-refractivity contribution in [3.8, 4) is 0 Å². The maximum Gasteiger partial charge on any atom is 0.267 e. The van der Waals surface area contributed by atoms with Crippen molar-refractivity contribution in [1.29, 1.82) is 0 Å². The highest BCUT2D eigenvalue weighted by atomic mass is 32.2. The maximum absolute atomic E-state index is 10.4. The molecule has 0 aromatic rings. The van der Waals surface area contributed by atoms with Crippen LogP contribution in [-0.2, 0) is 10.1 Å². The van der Waals surface area contributed by atoms with Crippen LogP contribution in [0.15, 0.2) is 12.2 Å². The normalized spacial score (nSPS) is 15.8. The molecule has 96 valence electrons. The van der Waals surface area contributed by atoms with Crippen molar-refractivity contribution in [3.63, 3.8) is 0 Å². The first-order chi connectivity index (χ1) is 7.24. The van der Waals surface area contributed by atoms with Crippen LogP contribution >= 0.6 is 0 Å². The molecule has 0 spiro atoms. The summed E-state index contributed by atoms with van der Waals surface area (Å²) in [4.78, 5) is 0. The van der Waals surface area contributed by atoms with Crippen molar-refractivity contribution in [2.75, 3.05) is 18.9 Å². The molecule has 4 N–H and O–H groups in total. The molecule has 7 heteroatoms. The lowest BCUT2D eigenvalue weighted by Crippen LogP contribution is -2.40. The van der Waals surface area contributed by atoms with Gasteiger partial charge in [0.2, 0.25) is 0 Å². The molecule has 0 heterocycles. The average Bonchev–Trinajstić information content (AvgIpc) is 2.08. The summed E-state index contributed by atoms with van der Waals surface area (Å²) in [7, 11) is -4.17. The van der Waals surface area contributed by atoms with E-state index in [1.165, 1.54) is 0 Å². The fourth-order valence-electron chi connectivity index (χ4n) is 1.23. The fourth-order valence-corrected chi connectivity index (χ4v) is 1.83. The summed E-state index contributed by atoms with van der Waals surface area (Å²) >= 11 is 0. The van der Waals surface area contributed by atoms with Gasteiger partial charge in [0.25, 0.3) is 10.1 Å². The molecule has 0 saturated heterocycles. The van der Waals surface area contributed by atoms with Gasteiger partial charge in [-0.1, -0.05) is 5.57 Å². The smallest absolute Gasteiger partial charge is 0.267 e. The van der Waals surface area contributed by atoms with Gasteiger partial charge in [-0.05, 0) is 13.3 Å². The van der Waals surface area contributed by atoms with E-state index in [-0.39, 0.29) is 19.2 Å². The Morgan fingerprint density at radius 2 is 2.06 bits per heavy atom. The lowest BCUT2D eigenvalue weighted by Gasteiger charge is -2.18. The Morgan fingerprint density at radius 3 is 2.44 bits per heavy atom. The second kappa shape index (κ2) is 6.97. The Labute approximate surface area is 95.7 Å². The highest BCUT2D eigenvalue weighted by molar-refractivity contribution is 7.85. The van der Waals surface area contributed by atoms with Crippen LogP contribution in [0, 0.1) is 0 Å². The molecule has 0 rings (SSSR count). The van der Waals surface area contributed by atoms with E-state index < -0.39 is 22.0 Å². The molecule has 0 aromatic carbocycles. The topological polar surface area (TPSA) is 107 Å². The highest BCUT2D eigenvalue weighted by Crippen LogP contribution is 2.01. The monoisotopic (exact) mass is 253 g/mol. The van der Waals surface area contributed by atoms with E-state index in [9.17, 15) is 13.5 Å². The molecule has 0 bridgehead atoms. The summed E-state index contributed by atoms with van der Waals surface area (Å²) in [5.41, 5.74) is 0.871. The minimum atomic E-state index is -4.17. The summed E-state index contributed by atoms with van der Waals surface area (Å²) in [5.74, 6) is -0.717. The second-order valence-electron chi connectivity index (χ2n) is 3.85. The molecule has 2 unspecified atom stereocenters. The molecule has 16 heavy (non-hydrogen) atoms. The zero-order valence-electron chi connectivity index (χ0n) is 9.26. The number of rotatable bonds is 8. The lowest BCUT2D eigenvalue weighted by molar-refractivity contribution is 0.172. The van der Waals surface area contributed by atoms with E-state index >= 15 is 0 Å². The number of hydrogen-bond acceptors (Lipinski definition) is 5. The van der Waals surface area contributed by atoms with Crippen molar-refractivity contribution in [1.82, 2.24) is 5.32 Å². The van der Waals surface area contributed by atoms with Crippen molar-refractivity contribution >= 4 is 10.1 Å². The molecular formula is C9H19NO5S. The van der Waals surface area contributed by atoms with Crippen LogP contribution in [0.1, 0.15) is 13.3 Å². The van der Waals surface area contributed by atoms with Crippen molar-refractivity contribution < 1.29 is 23.2 Å². The Balaban J connectivity index is 3.97. The minimum Gasteiger partial charge on any atom is -0.395 e. The zero-order chi connectivity index (χ0) is 12.8. The Bertz CT molecular complexity index is 314. The van der Waals surface area contributed by atoms with E-state index in [1.54, 1.807) is 6.92 Å². The van der Waals surface area contributed by atoms with Gasteiger partial charge < -0.3 is 15.5 Å². The first kappa shape index (κ1) is 15.5. The molecule has 0 fully saturated rings. The van der Waals surface area contributed by atoms with Gasteiger partial charge in [-0.3, -0.25) is 4.55 Å². The van der Waals surface area contributed by atoms with Gasteiger partial charge in [-0.2, -0.15) is 8.42 Å². The van der Waals surface area contributed by atoms with Gasteiger partial charge in [-0.15, -0.1) is 6.58 Å². The second-order valence-corrected chi connectivity index (χ2v) is 5.35. The van der Waals surface area contributed by atoms with Crippen molar-refractivity contribution in [3.05, 3.63) is 12.2 Å². The summed E-state index contributed by atoms with van der Waals surface area (Å²) < 4.78 is 29.4. The highest BCUT2D eigenvalue weighted by Gasteiger charge is 2.15. The van der Waals surface area contributed by atoms with Gasteiger partial charge in [0.05, 0.1) is 12.7 Å².